The van der Waals surface area contributed by atoms with Crippen molar-refractivity contribution in [1.82, 2.24) is 8.01 Å². The molecule has 1 saturated carbocycles. The second kappa shape index (κ2) is 4.88. The number of hydrogen-bond donors (Lipinski definition) is 0. The summed E-state index contributed by atoms with van der Waals surface area (Å²) in [5.74, 6) is 0. The molecule has 1 aliphatic carbocycles. The van der Waals surface area contributed by atoms with Gasteiger partial charge in [-0.2, -0.15) is 0 Å². The van der Waals surface area contributed by atoms with Crippen LogP contribution in [0.25, 0.3) is 0 Å². The lowest BCUT2D eigenvalue weighted by atomic mass is 9.60. The minimum absolute atomic E-state index is 0.745. The van der Waals surface area contributed by atoms with Crippen molar-refractivity contribution >= 4 is 22.9 Å². The fourth-order valence-corrected chi connectivity index (χ4v) is 3.78. The molecule has 2 aliphatic rings. The Bertz CT molecular complexity index is 200. The molecule has 2 fully saturated rings. The Balaban J connectivity index is 1.81. The van der Waals surface area contributed by atoms with E-state index in [0.29, 0.717) is 0 Å². The van der Waals surface area contributed by atoms with Crippen LogP contribution in [-0.4, -0.2) is 40.2 Å². The zero-order valence-electron chi connectivity index (χ0n) is 10.0. The Morgan fingerprint density at radius 3 is 2.20 bits per heavy atom. The van der Waals surface area contributed by atoms with Gasteiger partial charge < -0.3 is 4.90 Å². The first-order valence-electron chi connectivity index (χ1n) is 6.34. The molecule has 0 aromatic carbocycles. The Kier molecular flexibility index (Phi) is 3.94. The Morgan fingerprint density at radius 1 is 1.20 bits per heavy atom. The van der Waals surface area contributed by atoms with Crippen molar-refractivity contribution in [2.75, 3.05) is 26.2 Å². The van der Waals surface area contributed by atoms with Crippen molar-refractivity contribution in [1.29, 1.82) is 0 Å². The summed E-state index contributed by atoms with van der Waals surface area (Å²) in [7, 11) is 0. The monoisotopic (exact) mass is 322 g/mol. The highest BCUT2D eigenvalue weighted by atomic mass is 127. The van der Waals surface area contributed by atoms with Crippen LogP contribution in [0.5, 0.6) is 0 Å². The van der Waals surface area contributed by atoms with Gasteiger partial charge in [0.05, 0.1) is 0 Å². The number of piperidine rings is 1. The van der Waals surface area contributed by atoms with Crippen LogP contribution in [0, 0.1) is 5.41 Å². The fourth-order valence-electron chi connectivity index (χ4n) is 3.30. The maximum atomic E-state index is 2.64. The molecule has 88 valence electrons. The quantitative estimate of drug-likeness (QED) is 0.582. The van der Waals surface area contributed by atoms with Crippen LogP contribution in [-0.2, 0) is 0 Å². The minimum atomic E-state index is 0.745. The summed E-state index contributed by atoms with van der Waals surface area (Å²) >= 11 is 2.47. The molecule has 15 heavy (non-hydrogen) atoms. The van der Waals surface area contributed by atoms with Crippen molar-refractivity contribution in [2.45, 2.75) is 45.6 Å². The van der Waals surface area contributed by atoms with Crippen LogP contribution in [0.15, 0.2) is 0 Å². The SMILES string of the molecule is CCN(CC)C1CC2(CCN(I)CC2)C1. The molecule has 2 nitrogen and oxygen atoms in total. The third kappa shape index (κ3) is 2.50. The molecule has 0 bridgehead atoms. The fraction of sp³-hybridized carbons (Fsp3) is 1.00. The Hall–Kier alpha value is 0.650. The number of nitrogens with zero attached hydrogens (tertiary/aromatic N) is 2. The molecular weight excluding hydrogens is 299 g/mol. The standard InChI is InChI=1S/C12H23IN2/c1-3-14(4-2)11-9-12(10-11)5-7-15(13)8-6-12/h11H,3-10H2,1-2H3. The van der Waals surface area contributed by atoms with E-state index in [0.717, 1.165) is 11.5 Å². The van der Waals surface area contributed by atoms with Gasteiger partial charge in [-0.05, 0) is 44.2 Å². The molecule has 0 unspecified atom stereocenters. The Labute approximate surface area is 108 Å². The van der Waals surface area contributed by atoms with Crippen molar-refractivity contribution in [3.8, 4) is 0 Å². The lowest BCUT2D eigenvalue weighted by Crippen LogP contribution is -2.53. The number of hydrogen-bond acceptors (Lipinski definition) is 2. The van der Waals surface area contributed by atoms with E-state index in [4.69, 9.17) is 0 Å². The highest BCUT2D eigenvalue weighted by molar-refractivity contribution is 14.1. The molecular formula is C12H23IN2. The van der Waals surface area contributed by atoms with Gasteiger partial charge in [-0.25, -0.2) is 3.11 Å². The minimum Gasteiger partial charge on any atom is -0.301 e. The third-order valence-electron chi connectivity index (χ3n) is 4.44. The van der Waals surface area contributed by atoms with Gasteiger partial charge in [-0.15, -0.1) is 0 Å². The van der Waals surface area contributed by atoms with Gasteiger partial charge in [0.15, 0.2) is 0 Å². The van der Waals surface area contributed by atoms with Crippen LogP contribution < -0.4 is 0 Å². The van der Waals surface area contributed by atoms with E-state index in [1.165, 1.54) is 51.9 Å². The molecule has 0 radical (unpaired) electrons. The first-order valence-corrected chi connectivity index (χ1v) is 7.30. The van der Waals surface area contributed by atoms with E-state index in [1.807, 2.05) is 0 Å². The van der Waals surface area contributed by atoms with Crippen LogP contribution in [0.3, 0.4) is 0 Å². The van der Waals surface area contributed by atoms with Crippen LogP contribution in [0.1, 0.15) is 39.5 Å². The van der Waals surface area contributed by atoms with Crippen molar-refractivity contribution in [2.24, 2.45) is 5.41 Å². The summed E-state index contributed by atoms with van der Waals surface area (Å²) in [4.78, 5) is 2.64. The second-order valence-electron chi connectivity index (χ2n) is 5.19. The predicted molar refractivity (Wildman–Crippen MR) is 73.2 cm³/mol. The molecule has 0 aromatic heterocycles. The first-order chi connectivity index (χ1) is 7.19. The van der Waals surface area contributed by atoms with Crippen LogP contribution in [0.2, 0.25) is 0 Å². The molecule has 0 aromatic rings. The molecule has 0 atom stereocenters. The van der Waals surface area contributed by atoms with Gasteiger partial charge in [0, 0.05) is 42.0 Å². The molecule has 1 spiro atoms. The lowest BCUT2D eigenvalue weighted by Gasteiger charge is -2.54. The maximum Gasteiger partial charge on any atom is 0.0201 e. The van der Waals surface area contributed by atoms with Gasteiger partial charge >= 0.3 is 0 Å². The van der Waals surface area contributed by atoms with Crippen molar-refractivity contribution in [3.05, 3.63) is 0 Å². The Morgan fingerprint density at radius 2 is 1.73 bits per heavy atom. The summed E-state index contributed by atoms with van der Waals surface area (Å²) in [6.45, 7) is 9.67. The van der Waals surface area contributed by atoms with Crippen molar-refractivity contribution < 1.29 is 0 Å². The topological polar surface area (TPSA) is 6.48 Å². The van der Waals surface area contributed by atoms with E-state index in [1.54, 1.807) is 0 Å². The van der Waals surface area contributed by atoms with Gasteiger partial charge in [0.25, 0.3) is 0 Å². The summed E-state index contributed by atoms with van der Waals surface area (Å²) < 4.78 is 2.45. The van der Waals surface area contributed by atoms with Crippen LogP contribution in [0.4, 0.5) is 0 Å². The maximum absolute atomic E-state index is 2.64. The second-order valence-corrected chi connectivity index (χ2v) is 6.56. The summed E-state index contributed by atoms with van der Waals surface area (Å²) in [6, 6.07) is 0.903. The third-order valence-corrected chi connectivity index (χ3v) is 5.40. The van der Waals surface area contributed by atoms with Gasteiger partial charge in [-0.1, -0.05) is 13.8 Å². The molecule has 3 heteroatoms. The zero-order chi connectivity index (χ0) is 10.9. The van der Waals surface area contributed by atoms with Crippen molar-refractivity contribution in [3.63, 3.8) is 0 Å². The van der Waals surface area contributed by atoms with Gasteiger partial charge in [-0.3, -0.25) is 0 Å². The number of halogens is 1. The van der Waals surface area contributed by atoms with E-state index in [-0.39, 0.29) is 0 Å². The average Bonchev–Trinajstić information content (AvgIpc) is 2.20. The normalized spacial score (nSPS) is 27.2. The molecule has 2 rings (SSSR count). The van der Waals surface area contributed by atoms with E-state index in [9.17, 15) is 0 Å². The van der Waals surface area contributed by atoms with Gasteiger partial charge in [0.2, 0.25) is 0 Å². The molecule has 0 amide bonds. The first kappa shape index (κ1) is 12.1. The predicted octanol–water partition coefficient (Wildman–Crippen LogP) is 2.92. The molecule has 1 saturated heterocycles. The van der Waals surface area contributed by atoms with E-state index in [2.05, 4.69) is 44.7 Å². The smallest absolute Gasteiger partial charge is 0.0201 e. The number of rotatable bonds is 3. The molecule has 1 heterocycles. The van der Waals surface area contributed by atoms with E-state index >= 15 is 0 Å². The molecule has 1 aliphatic heterocycles. The lowest BCUT2D eigenvalue weighted by molar-refractivity contribution is -0.0244. The van der Waals surface area contributed by atoms with Gasteiger partial charge in [0.1, 0.15) is 0 Å². The highest BCUT2D eigenvalue weighted by Crippen LogP contribution is 2.51. The zero-order valence-corrected chi connectivity index (χ0v) is 12.2. The van der Waals surface area contributed by atoms with E-state index < -0.39 is 0 Å². The average molecular weight is 322 g/mol. The highest BCUT2D eigenvalue weighted by Gasteiger charge is 2.46. The van der Waals surface area contributed by atoms with Crippen LogP contribution >= 0.6 is 22.9 Å². The summed E-state index contributed by atoms with van der Waals surface area (Å²) in [5, 5.41) is 0. The molecule has 0 N–H and O–H groups in total. The summed E-state index contributed by atoms with van der Waals surface area (Å²) in [6.07, 6.45) is 5.82. The largest absolute Gasteiger partial charge is 0.301 e. The summed E-state index contributed by atoms with van der Waals surface area (Å²) in [5.41, 5.74) is 0.745.